The van der Waals surface area contributed by atoms with Crippen molar-refractivity contribution in [3.63, 3.8) is 0 Å². The summed E-state index contributed by atoms with van der Waals surface area (Å²) in [6.07, 6.45) is 11.9. The Hall–Kier alpha value is -1.41. The van der Waals surface area contributed by atoms with Crippen LogP contribution in [-0.4, -0.2) is 36.2 Å². The zero-order valence-corrected chi connectivity index (χ0v) is 12.8. The van der Waals surface area contributed by atoms with Crippen molar-refractivity contribution in [2.75, 3.05) is 13.1 Å². The molecule has 1 heterocycles. The molecule has 0 spiro atoms. The largest absolute Gasteiger partial charge is 0.300 e. The second kappa shape index (κ2) is 8.78. The third kappa shape index (κ3) is 5.47. The first kappa shape index (κ1) is 16.0. The topological polar surface area (TPSA) is 68.5 Å². The maximum absolute atomic E-state index is 11.2. The van der Waals surface area contributed by atoms with Crippen molar-refractivity contribution >= 4 is 12.1 Å². The highest BCUT2D eigenvalue weighted by Crippen LogP contribution is 2.27. The molecule has 2 aliphatic rings. The Labute approximate surface area is 127 Å². The number of amides is 1. The maximum atomic E-state index is 11.2. The van der Waals surface area contributed by atoms with Crippen molar-refractivity contribution in [2.45, 2.75) is 63.8 Å². The molecule has 1 aliphatic heterocycles. The Morgan fingerprint density at radius 1 is 1.19 bits per heavy atom. The number of hydrogen-bond acceptors (Lipinski definition) is 4. The van der Waals surface area contributed by atoms with E-state index in [0.717, 1.165) is 18.9 Å². The highest BCUT2D eigenvalue weighted by Gasteiger charge is 2.24. The van der Waals surface area contributed by atoms with Crippen molar-refractivity contribution in [3.05, 3.63) is 0 Å². The van der Waals surface area contributed by atoms with Crippen LogP contribution in [0.2, 0.25) is 0 Å². The number of hydrazone groups is 1. The molecule has 0 aromatic heterocycles. The second-order valence-corrected chi connectivity index (χ2v) is 6.17. The normalized spacial score (nSPS) is 28.0. The number of piperidine rings is 1. The summed E-state index contributed by atoms with van der Waals surface area (Å²) in [5, 5.41) is 12.4. The molecule has 5 nitrogen and oxygen atoms in total. The van der Waals surface area contributed by atoms with E-state index in [1.165, 1.54) is 51.6 Å². The van der Waals surface area contributed by atoms with Crippen LogP contribution in [0.5, 0.6) is 0 Å². The minimum Gasteiger partial charge on any atom is -0.300 e. The van der Waals surface area contributed by atoms with Crippen molar-refractivity contribution in [2.24, 2.45) is 11.0 Å². The zero-order valence-electron chi connectivity index (χ0n) is 12.8. The molecule has 5 heteroatoms. The first-order valence-corrected chi connectivity index (χ1v) is 8.22. The molecule has 2 fully saturated rings. The van der Waals surface area contributed by atoms with E-state index in [4.69, 9.17) is 5.26 Å². The van der Waals surface area contributed by atoms with Crippen LogP contribution in [0.4, 0.5) is 0 Å². The monoisotopic (exact) mass is 290 g/mol. The fourth-order valence-electron chi connectivity index (χ4n) is 3.43. The lowest BCUT2D eigenvalue weighted by Gasteiger charge is -2.34. The smallest absolute Gasteiger partial charge is 0.254 e. The molecule has 1 saturated carbocycles. The van der Waals surface area contributed by atoms with Crippen molar-refractivity contribution in [3.8, 4) is 6.07 Å². The van der Waals surface area contributed by atoms with Gasteiger partial charge in [-0.1, -0.05) is 12.8 Å². The molecule has 0 bridgehead atoms. The van der Waals surface area contributed by atoms with Crippen molar-refractivity contribution in [1.29, 1.82) is 5.26 Å². The van der Waals surface area contributed by atoms with Crippen LogP contribution >= 0.6 is 0 Å². The van der Waals surface area contributed by atoms with Crippen LogP contribution in [0.15, 0.2) is 5.10 Å². The van der Waals surface area contributed by atoms with Crippen LogP contribution in [-0.2, 0) is 4.79 Å². The number of hydrogen-bond donors (Lipinski definition) is 1. The number of rotatable bonds is 4. The number of nitriles is 1. The van der Waals surface area contributed by atoms with Gasteiger partial charge in [0.15, 0.2) is 0 Å². The van der Waals surface area contributed by atoms with Gasteiger partial charge < -0.3 is 4.90 Å². The molecule has 0 aromatic carbocycles. The maximum Gasteiger partial charge on any atom is 0.254 e. The zero-order chi connectivity index (χ0) is 14.9. The molecule has 1 saturated heterocycles. The van der Waals surface area contributed by atoms with Gasteiger partial charge >= 0.3 is 0 Å². The van der Waals surface area contributed by atoms with Gasteiger partial charge in [0.2, 0.25) is 0 Å². The van der Waals surface area contributed by atoms with Gasteiger partial charge in [0.1, 0.15) is 6.42 Å². The molecule has 0 radical (unpaired) electrons. The number of nitrogens with one attached hydrogen (secondary N) is 1. The summed E-state index contributed by atoms with van der Waals surface area (Å²) in [5.74, 6) is 0.135. The van der Waals surface area contributed by atoms with E-state index in [9.17, 15) is 4.79 Å². The SMILES string of the molecule is N#CCC(=O)N/N=C\[C@H]1CCC[C@H](N2CCCCC2)CC1. The molecular weight excluding hydrogens is 264 g/mol. The lowest BCUT2D eigenvalue weighted by atomic mass is 10.0. The number of carbonyl (C=O) groups excluding carboxylic acids is 1. The van der Waals surface area contributed by atoms with Gasteiger partial charge in [-0.2, -0.15) is 10.4 Å². The Morgan fingerprint density at radius 2 is 2.00 bits per heavy atom. The molecule has 0 unspecified atom stereocenters. The lowest BCUT2D eigenvalue weighted by Crippen LogP contribution is -2.38. The number of nitrogens with zero attached hydrogens (tertiary/aromatic N) is 3. The van der Waals surface area contributed by atoms with E-state index in [1.807, 2.05) is 12.3 Å². The second-order valence-electron chi connectivity index (χ2n) is 6.17. The molecule has 2 atom stereocenters. The third-order valence-electron chi connectivity index (χ3n) is 4.60. The molecule has 2 rings (SSSR count). The van der Waals surface area contributed by atoms with Gasteiger partial charge in [-0.3, -0.25) is 4.79 Å². The molecular formula is C16H26N4O. The Bertz CT molecular complexity index is 396. The fourth-order valence-corrected chi connectivity index (χ4v) is 3.43. The van der Waals surface area contributed by atoms with E-state index >= 15 is 0 Å². The standard InChI is InChI=1S/C16H26N4O/c17-10-9-16(21)19-18-13-14-5-4-6-15(8-7-14)20-11-2-1-3-12-20/h13-15H,1-9,11-12H2,(H,19,21)/b18-13-/t14-,15-/m0/s1. The third-order valence-corrected chi connectivity index (χ3v) is 4.60. The molecule has 116 valence electrons. The first-order chi connectivity index (χ1) is 10.3. The highest BCUT2D eigenvalue weighted by atomic mass is 16.2. The van der Waals surface area contributed by atoms with Crippen molar-refractivity contribution < 1.29 is 4.79 Å². The molecule has 0 aromatic rings. The van der Waals surface area contributed by atoms with E-state index in [0.29, 0.717) is 5.92 Å². The van der Waals surface area contributed by atoms with E-state index in [2.05, 4.69) is 15.4 Å². The van der Waals surface area contributed by atoms with E-state index in [-0.39, 0.29) is 12.3 Å². The summed E-state index contributed by atoms with van der Waals surface area (Å²) in [5.41, 5.74) is 2.42. The van der Waals surface area contributed by atoms with Gasteiger partial charge in [-0.15, -0.1) is 0 Å². The molecule has 21 heavy (non-hydrogen) atoms. The van der Waals surface area contributed by atoms with Crippen molar-refractivity contribution in [1.82, 2.24) is 10.3 Å². The number of likely N-dealkylation sites (tertiary alicyclic amines) is 1. The highest BCUT2D eigenvalue weighted by molar-refractivity contribution is 5.78. The first-order valence-electron chi connectivity index (χ1n) is 8.22. The average Bonchev–Trinajstić information content (AvgIpc) is 2.74. The fraction of sp³-hybridized carbons (Fsp3) is 0.812. The predicted octanol–water partition coefficient (Wildman–Crippen LogP) is 2.44. The Balaban J connectivity index is 1.74. The number of carbonyl (C=O) groups is 1. The minimum atomic E-state index is -0.325. The van der Waals surface area contributed by atoms with Gasteiger partial charge in [0.25, 0.3) is 5.91 Å². The quantitative estimate of drug-likeness (QED) is 0.491. The predicted molar refractivity (Wildman–Crippen MR) is 82.7 cm³/mol. The van der Waals surface area contributed by atoms with Crippen LogP contribution in [0.1, 0.15) is 57.8 Å². The molecule has 1 N–H and O–H groups in total. The lowest BCUT2D eigenvalue weighted by molar-refractivity contribution is -0.120. The Morgan fingerprint density at radius 3 is 2.76 bits per heavy atom. The van der Waals surface area contributed by atoms with Gasteiger partial charge in [0.05, 0.1) is 6.07 Å². The summed E-state index contributed by atoms with van der Waals surface area (Å²) in [7, 11) is 0. The summed E-state index contributed by atoms with van der Waals surface area (Å²) in [6.45, 7) is 2.54. The van der Waals surface area contributed by atoms with Gasteiger partial charge in [0, 0.05) is 12.3 Å². The molecule has 1 amide bonds. The van der Waals surface area contributed by atoms with Crippen LogP contribution in [0.3, 0.4) is 0 Å². The van der Waals surface area contributed by atoms with Crippen LogP contribution in [0, 0.1) is 17.2 Å². The summed E-state index contributed by atoms with van der Waals surface area (Å²) < 4.78 is 0. The van der Waals surface area contributed by atoms with Gasteiger partial charge in [-0.25, -0.2) is 5.43 Å². The van der Waals surface area contributed by atoms with E-state index < -0.39 is 0 Å². The summed E-state index contributed by atoms with van der Waals surface area (Å²) >= 11 is 0. The van der Waals surface area contributed by atoms with Crippen LogP contribution in [0.25, 0.3) is 0 Å². The summed E-state index contributed by atoms with van der Waals surface area (Å²) in [6, 6.07) is 2.56. The summed E-state index contributed by atoms with van der Waals surface area (Å²) in [4.78, 5) is 13.8. The average molecular weight is 290 g/mol. The van der Waals surface area contributed by atoms with E-state index in [1.54, 1.807) is 0 Å². The van der Waals surface area contributed by atoms with Gasteiger partial charge in [-0.05, 0) is 57.5 Å². The van der Waals surface area contributed by atoms with Crippen LogP contribution < -0.4 is 5.43 Å². The molecule has 1 aliphatic carbocycles. The minimum absolute atomic E-state index is 0.126. The Kier molecular flexibility index (Phi) is 6.68.